The summed E-state index contributed by atoms with van der Waals surface area (Å²) in [5.41, 5.74) is 1.10. The van der Waals surface area contributed by atoms with Crippen molar-refractivity contribution >= 4 is 17.6 Å². The third-order valence-electron chi connectivity index (χ3n) is 5.53. The number of carbonyl (C=O) groups is 2. The van der Waals surface area contributed by atoms with Gasteiger partial charge in [-0.1, -0.05) is 80.6 Å². The molecule has 0 radical (unpaired) electrons. The number of ether oxygens (including phenoxy) is 1. The number of rotatable bonds is 5. The molecule has 4 nitrogen and oxygen atoms in total. The van der Waals surface area contributed by atoms with Crippen LogP contribution in [0.5, 0.6) is 5.75 Å². The van der Waals surface area contributed by atoms with Gasteiger partial charge in [0.05, 0.1) is 6.54 Å². The van der Waals surface area contributed by atoms with E-state index in [1.54, 1.807) is 29.2 Å². The first-order valence-corrected chi connectivity index (χ1v) is 9.78. The van der Waals surface area contributed by atoms with E-state index in [4.69, 9.17) is 4.74 Å². The number of para-hydroxylation sites is 2. The van der Waals surface area contributed by atoms with Gasteiger partial charge in [-0.2, -0.15) is 0 Å². The Labute approximate surface area is 170 Å². The van der Waals surface area contributed by atoms with Crippen LogP contribution >= 0.6 is 0 Å². The van der Waals surface area contributed by atoms with Crippen LogP contribution in [0.1, 0.15) is 25.0 Å². The van der Waals surface area contributed by atoms with Gasteiger partial charge in [0, 0.05) is 11.3 Å². The maximum absolute atomic E-state index is 13.8. The minimum Gasteiger partial charge on any atom is -0.425 e. The lowest BCUT2D eigenvalue weighted by Gasteiger charge is -2.30. The van der Waals surface area contributed by atoms with Crippen molar-refractivity contribution in [3.63, 3.8) is 0 Å². The summed E-state index contributed by atoms with van der Waals surface area (Å²) in [5, 5.41) is 0. The van der Waals surface area contributed by atoms with E-state index in [1.165, 1.54) is 0 Å². The van der Waals surface area contributed by atoms with Gasteiger partial charge >= 0.3 is 5.97 Å². The predicted molar refractivity (Wildman–Crippen MR) is 113 cm³/mol. The highest BCUT2D eigenvalue weighted by Crippen LogP contribution is 2.47. The van der Waals surface area contributed by atoms with E-state index in [0.29, 0.717) is 17.9 Å². The zero-order chi connectivity index (χ0) is 20.4. The van der Waals surface area contributed by atoms with Crippen molar-refractivity contribution < 1.29 is 14.3 Å². The third-order valence-corrected chi connectivity index (χ3v) is 5.53. The molecule has 1 amide bonds. The molecule has 3 aromatic carbocycles. The van der Waals surface area contributed by atoms with E-state index >= 15 is 0 Å². The lowest BCUT2D eigenvalue weighted by Crippen LogP contribution is -2.51. The Balaban J connectivity index is 1.79. The molecule has 0 aromatic heterocycles. The number of benzene rings is 3. The summed E-state index contributed by atoms with van der Waals surface area (Å²) in [6.45, 7) is 4.20. The number of hydrogen-bond donors (Lipinski definition) is 0. The van der Waals surface area contributed by atoms with Crippen molar-refractivity contribution in [3.8, 4) is 5.75 Å². The van der Waals surface area contributed by atoms with Crippen LogP contribution in [0.15, 0.2) is 84.9 Å². The molecule has 0 spiro atoms. The standard InChI is InChI=1S/C25H23NO3/c1-18(2)25(24(28)29-20-13-7-4-8-14-20)21-15-9-10-16-22(21)26(23(25)27)17-19-11-5-3-6-12-19/h3-16,18H,17H2,1-2H3/t25-/m0/s1. The van der Waals surface area contributed by atoms with Crippen molar-refractivity contribution in [1.82, 2.24) is 0 Å². The molecule has 4 heteroatoms. The molecule has 0 saturated heterocycles. The molecule has 3 aromatic rings. The van der Waals surface area contributed by atoms with Gasteiger partial charge in [0.15, 0.2) is 5.41 Å². The number of fused-ring (bicyclic) bond motifs is 1. The predicted octanol–water partition coefficient (Wildman–Crippen LogP) is 4.73. The summed E-state index contributed by atoms with van der Waals surface area (Å²) in [7, 11) is 0. The lowest BCUT2D eigenvalue weighted by atomic mass is 9.72. The van der Waals surface area contributed by atoms with Crippen molar-refractivity contribution in [1.29, 1.82) is 0 Å². The van der Waals surface area contributed by atoms with Crippen LogP contribution in [-0.4, -0.2) is 11.9 Å². The van der Waals surface area contributed by atoms with Crippen molar-refractivity contribution in [2.75, 3.05) is 4.90 Å². The number of anilines is 1. The van der Waals surface area contributed by atoms with Gasteiger partial charge < -0.3 is 9.64 Å². The monoisotopic (exact) mass is 385 g/mol. The van der Waals surface area contributed by atoms with Crippen LogP contribution in [0.25, 0.3) is 0 Å². The first-order chi connectivity index (χ1) is 14.0. The highest BCUT2D eigenvalue weighted by molar-refractivity contribution is 6.21. The third kappa shape index (κ3) is 3.11. The number of carbonyl (C=O) groups excluding carboxylic acids is 2. The number of nitrogens with zero attached hydrogens (tertiary/aromatic N) is 1. The van der Waals surface area contributed by atoms with Crippen molar-refractivity contribution in [2.24, 2.45) is 5.92 Å². The summed E-state index contributed by atoms with van der Waals surface area (Å²) in [4.78, 5) is 29.0. The van der Waals surface area contributed by atoms with Crippen LogP contribution < -0.4 is 9.64 Å². The fourth-order valence-corrected chi connectivity index (χ4v) is 4.07. The normalized spacial score (nSPS) is 18.0. The maximum atomic E-state index is 13.8. The lowest BCUT2D eigenvalue weighted by molar-refractivity contribution is -0.148. The Hall–Kier alpha value is -3.40. The quantitative estimate of drug-likeness (QED) is 0.362. The van der Waals surface area contributed by atoms with Crippen LogP contribution in [0.4, 0.5) is 5.69 Å². The van der Waals surface area contributed by atoms with Gasteiger partial charge in [-0.15, -0.1) is 0 Å². The molecule has 0 N–H and O–H groups in total. The van der Waals surface area contributed by atoms with Gasteiger partial charge in [-0.05, 0) is 29.7 Å². The van der Waals surface area contributed by atoms with Gasteiger partial charge in [0.2, 0.25) is 5.91 Å². The molecule has 1 aliphatic rings. The summed E-state index contributed by atoms with van der Waals surface area (Å²) in [6, 6.07) is 26.2. The van der Waals surface area contributed by atoms with Crippen LogP contribution in [0, 0.1) is 5.92 Å². The van der Waals surface area contributed by atoms with E-state index in [9.17, 15) is 9.59 Å². The first kappa shape index (κ1) is 18.9. The van der Waals surface area contributed by atoms with Crippen molar-refractivity contribution in [3.05, 3.63) is 96.1 Å². The largest absolute Gasteiger partial charge is 0.425 e. The fourth-order valence-electron chi connectivity index (χ4n) is 4.07. The van der Waals surface area contributed by atoms with E-state index in [-0.39, 0.29) is 11.8 Å². The van der Waals surface area contributed by atoms with E-state index < -0.39 is 11.4 Å². The van der Waals surface area contributed by atoms with E-state index in [1.807, 2.05) is 74.5 Å². The highest BCUT2D eigenvalue weighted by Gasteiger charge is 2.59. The summed E-state index contributed by atoms with van der Waals surface area (Å²) >= 11 is 0. The topological polar surface area (TPSA) is 46.6 Å². The molecule has 0 saturated carbocycles. The zero-order valence-corrected chi connectivity index (χ0v) is 16.5. The molecule has 1 aliphatic heterocycles. The Kier molecular flexibility index (Phi) is 4.93. The smallest absolute Gasteiger partial charge is 0.331 e. The molecule has 0 aliphatic carbocycles. The van der Waals surface area contributed by atoms with Crippen LogP contribution in [0.3, 0.4) is 0 Å². The van der Waals surface area contributed by atoms with Gasteiger partial charge in [0.25, 0.3) is 0 Å². The molecule has 146 valence electrons. The van der Waals surface area contributed by atoms with Gasteiger partial charge in [-0.3, -0.25) is 9.59 Å². The minimum atomic E-state index is -1.37. The fraction of sp³-hybridized carbons (Fsp3) is 0.200. The second-order valence-corrected chi connectivity index (χ2v) is 7.56. The summed E-state index contributed by atoms with van der Waals surface area (Å²) in [6.07, 6.45) is 0. The SMILES string of the molecule is CC(C)[C@@]1(C(=O)Oc2ccccc2)C(=O)N(Cc2ccccc2)c2ccccc21. The Morgan fingerprint density at radius 3 is 2.14 bits per heavy atom. The second kappa shape index (κ2) is 7.55. The molecule has 0 bridgehead atoms. The average Bonchev–Trinajstić information content (AvgIpc) is 2.99. The Morgan fingerprint density at radius 1 is 0.897 bits per heavy atom. The summed E-state index contributed by atoms with van der Waals surface area (Å²) in [5.74, 6) is -0.609. The zero-order valence-electron chi connectivity index (χ0n) is 16.5. The van der Waals surface area contributed by atoms with E-state index in [2.05, 4.69) is 0 Å². The molecular weight excluding hydrogens is 362 g/mol. The summed E-state index contributed by atoms with van der Waals surface area (Å²) < 4.78 is 5.70. The number of amides is 1. The molecule has 4 rings (SSSR count). The Bertz CT molecular complexity index is 1030. The Morgan fingerprint density at radius 2 is 1.48 bits per heavy atom. The molecular formula is C25H23NO3. The van der Waals surface area contributed by atoms with Crippen molar-refractivity contribution in [2.45, 2.75) is 25.8 Å². The van der Waals surface area contributed by atoms with Crippen LogP contribution in [-0.2, 0) is 21.5 Å². The molecule has 0 unspecified atom stereocenters. The van der Waals surface area contributed by atoms with E-state index in [0.717, 1.165) is 11.3 Å². The van der Waals surface area contributed by atoms with Gasteiger partial charge in [-0.25, -0.2) is 0 Å². The maximum Gasteiger partial charge on any atom is 0.331 e. The van der Waals surface area contributed by atoms with Crippen LogP contribution in [0.2, 0.25) is 0 Å². The number of hydrogen-bond acceptors (Lipinski definition) is 3. The number of esters is 1. The molecule has 1 atom stereocenters. The molecule has 0 fully saturated rings. The molecule has 29 heavy (non-hydrogen) atoms. The minimum absolute atomic E-state index is 0.238. The second-order valence-electron chi connectivity index (χ2n) is 7.56. The molecule has 1 heterocycles. The average molecular weight is 385 g/mol. The van der Waals surface area contributed by atoms with Gasteiger partial charge in [0.1, 0.15) is 5.75 Å². The highest BCUT2D eigenvalue weighted by atomic mass is 16.5. The first-order valence-electron chi connectivity index (χ1n) is 9.78.